The Balaban J connectivity index is 1.91. The Labute approximate surface area is 146 Å². The molecule has 24 heavy (non-hydrogen) atoms. The summed E-state index contributed by atoms with van der Waals surface area (Å²) >= 11 is 1.30. The fourth-order valence-corrected chi connectivity index (χ4v) is 3.06. The molecule has 0 fully saturated rings. The quantitative estimate of drug-likeness (QED) is 0.718. The number of benzene rings is 1. The number of unbranched alkanes of at least 4 members (excludes halogenated alkanes) is 1. The van der Waals surface area contributed by atoms with Gasteiger partial charge in [0.05, 0.1) is 5.25 Å². The summed E-state index contributed by atoms with van der Waals surface area (Å²) in [7, 11) is 0. The number of carbonyl (C=O) groups excluding carboxylic acids is 1. The highest BCUT2D eigenvalue weighted by Crippen LogP contribution is 2.20. The summed E-state index contributed by atoms with van der Waals surface area (Å²) in [5.74, 6) is -0.0712. The molecule has 0 radical (unpaired) electrons. The lowest BCUT2D eigenvalue weighted by Crippen LogP contribution is -2.30. The fourth-order valence-electron chi connectivity index (χ4n) is 2.16. The molecule has 130 valence electrons. The summed E-state index contributed by atoms with van der Waals surface area (Å²) in [5, 5.41) is 9.64. The Bertz CT molecular complexity index is 721. The highest BCUT2D eigenvalue weighted by molar-refractivity contribution is 8.00. The van der Waals surface area contributed by atoms with Gasteiger partial charge >= 0.3 is 5.69 Å². The van der Waals surface area contributed by atoms with Crippen molar-refractivity contribution in [2.24, 2.45) is 0 Å². The van der Waals surface area contributed by atoms with E-state index >= 15 is 0 Å². The molecule has 2 rings (SSSR count). The summed E-state index contributed by atoms with van der Waals surface area (Å²) < 4.78 is 1.60. The van der Waals surface area contributed by atoms with Crippen LogP contribution in [0.25, 0.3) is 0 Å². The third-order valence-electron chi connectivity index (χ3n) is 3.70. The lowest BCUT2D eigenvalue weighted by molar-refractivity contribution is -0.120. The van der Waals surface area contributed by atoms with Crippen molar-refractivity contribution >= 4 is 17.7 Å². The zero-order chi connectivity index (χ0) is 17.5. The number of H-pyrrole nitrogens is 1. The third-order valence-corrected chi connectivity index (χ3v) is 4.79. The van der Waals surface area contributed by atoms with Gasteiger partial charge in [0, 0.05) is 13.1 Å². The van der Waals surface area contributed by atoms with Crippen LogP contribution in [-0.4, -0.2) is 25.9 Å². The number of nitrogens with zero attached hydrogens (tertiary/aromatic N) is 2. The summed E-state index contributed by atoms with van der Waals surface area (Å²) in [6.07, 6.45) is 1.90. The highest BCUT2D eigenvalue weighted by Gasteiger charge is 2.18. The number of thioether (sulfide) groups is 1. The van der Waals surface area contributed by atoms with Crippen LogP contribution >= 0.6 is 11.8 Å². The molecule has 0 aliphatic rings. The molecule has 1 amide bonds. The van der Waals surface area contributed by atoms with E-state index in [2.05, 4.69) is 22.4 Å². The van der Waals surface area contributed by atoms with E-state index in [4.69, 9.17) is 0 Å². The Kier molecular flexibility index (Phi) is 6.66. The number of hydrogen-bond acceptors (Lipinski definition) is 4. The molecule has 0 unspecified atom stereocenters. The summed E-state index contributed by atoms with van der Waals surface area (Å²) in [6.45, 7) is 7.03. The molecule has 0 aliphatic heterocycles. The Morgan fingerprint density at radius 2 is 2.08 bits per heavy atom. The standard InChI is InChI=1S/C17H24N4O2S/c1-4-5-10-21-16(23)19-20-17(21)24-13(3)15(22)18-11-14-8-6-12(2)7-9-14/h6-9,13H,4-5,10-11H2,1-3H3,(H,18,22)(H,19,23)/t13-/m0/s1. The number of carbonyl (C=O) groups is 1. The first-order chi connectivity index (χ1) is 11.5. The van der Waals surface area contributed by atoms with Gasteiger partial charge in [-0.2, -0.15) is 0 Å². The minimum atomic E-state index is -0.328. The molecule has 2 aromatic rings. The van der Waals surface area contributed by atoms with Crippen molar-refractivity contribution in [2.75, 3.05) is 0 Å². The smallest absolute Gasteiger partial charge is 0.343 e. The molecule has 0 saturated carbocycles. The first-order valence-corrected chi connectivity index (χ1v) is 9.04. The molecule has 6 nitrogen and oxygen atoms in total. The number of aryl methyl sites for hydroxylation is 1. The van der Waals surface area contributed by atoms with Gasteiger partial charge in [-0.3, -0.25) is 9.36 Å². The van der Waals surface area contributed by atoms with Crippen molar-refractivity contribution in [3.8, 4) is 0 Å². The van der Waals surface area contributed by atoms with Crippen molar-refractivity contribution in [3.63, 3.8) is 0 Å². The lowest BCUT2D eigenvalue weighted by Gasteiger charge is -2.12. The Morgan fingerprint density at radius 1 is 1.38 bits per heavy atom. The van der Waals surface area contributed by atoms with E-state index in [0.717, 1.165) is 18.4 Å². The van der Waals surface area contributed by atoms with Gasteiger partial charge < -0.3 is 5.32 Å². The van der Waals surface area contributed by atoms with Crippen molar-refractivity contribution in [2.45, 2.75) is 57.1 Å². The molecule has 2 N–H and O–H groups in total. The van der Waals surface area contributed by atoms with Gasteiger partial charge in [0.1, 0.15) is 0 Å². The summed E-state index contributed by atoms with van der Waals surface area (Å²) in [6, 6.07) is 8.05. The number of rotatable bonds is 8. The molecule has 0 spiro atoms. The molecule has 1 aromatic carbocycles. The van der Waals surface area contributed by atoms with Crippen LogP contribution in [0.5, 0.6) is 0 Å². The highest BCUT2D eigenvalue weighted by atomic mass is 32.2. The molecule has 1 atom stereocenters. The predicted octanol–water partition coefficient (Wildman–Crippen LogP) is 2.48. The maximum absolute atomic E-state index is 12.3. The SMILES string of the molecule is CCCCn1c(S[C@@H](C)C(=O)NCc2ccc(C)cc2)n[nH]c1=O. The van der Waals surface area contributed by atoms with Gasteiger partial charge in [0.15, 0.2) is 5.16 Å². The molecule has 0 aliphatic carbocycles. The van der Waals surface area contributed by atoms with Gasteiger partial charge in [-0.25, -0.2) is 9.89 Å². The first kappa shape index (κ1) is 18.3. The fraction of sp³-hybridized carbons (Fsp3) is 0.471. The molecule has 7 heteroatoms. The largest absolute Gasteiger partial charge is 0.351 e. The summed E-state index contributed by atoms with van der Waals surface area (Å²) in [4.78, 5) is 24.0. The van der Waals surface area contributed by atoms with Crippen molar-refractivity contribution in [1.82, 2.24) is 20.1 Å². The topological polar surface area (TPSA) is 79.8 Å². The zero-order valence-electron chi connectivity index (χ0n) is 14.3. The van der Waals surface area contributed by atoms with E-state index in [1.54, 1.807) is 4.57 Å². The van der Waals surface area contributed by atoms with E-state index in [-0.39, 0.29) is 16.8 Å². The van der Waals surface area contributed by atoms with Crippen LogP contribution in [-0.2, 0) is 17.9 Å². The van der Waals surface area contributed by atoms with Gasteiger partial charge in [-0.15, -0.1) is 5.10 Å². The molecule has 1 heterocycles. The van der Waals surface area contributed by atoms with Crippen molar-refractivity contribution < 1.29 is 4.79 Å². The second kappa shape index (κ2) is 8.73. The number of hydrogen-bond donors (Lipinski definition) is 2. The molecular formula is C17H24N4O2S. The predicted molar refractivity (Wildman–Crippen MR) is 96.1 cm³/mol. The second-order valence-corrected chi connectivity index (χ2v) is 7.09. The number of amides is 1. The average Bonchev–Trinajstić information content (AvgIpc) is 2.92. The molecule has 1 aromatic heterocycles. The minimum absolute atomic E-state index is 0.0712. The van der Waals surface area contributed by atoms with Crippen LogP contribution in [0.3, 0.4) is 0 Å². The maximum Gasteiger partial charge on any atom is 0.343 e. The summed E-state index contributed by atoms with van der Waals surface area (Å²) in [5.41, 5.74) is 2.03. The van der Waals surface area contributed by atoms with E-state index in [0.29, 0.717) is 18.2 Å². The van der Waals surface area contributed by atoms with Crippen LogP contribution in [0.4, 0.5) is 0 Å². The first-order valence-electron chi connectivity index (χ1n) is 8.16. The van der Waals surface area contributed by atoms with E-state index in [1.807, 2.05) is 38.1 Å². The average molecular weight is 348 g/mol. The van der Waals surface area contributed by atoms with Crippen LogP contribution in [0, 0.1) is 6.92 Å². The van der Waals surface area contributed by atoms with Crippen molar-refractivity contribution in [3.05, 3.63) is 45.9 Å². The molecule has 0 saturated heterocycles. The number of nitrogens with one attached hydrogen (secondary N) is 2. The van der Waals surface area contributed by atoms with E-state index in [9.17, 15) is 9.59 Å². The third kappa shape index (κ3) is 4.99. The van der Waals surface area contributed by atoms with E-state index < -0.39 is 0 Å². The van der Waals surface area contributed by atoms with Crippen LogP contribution in [0.15, 0.2) is 34.2 Å². The minimum Gasteiger partial charge on any atom is -0.351 e. The van der Waals surface area contributed by atoms with Crippen molar-refractivity contribution in [1.29, 1.82) is 0 Å². The zero-order valence-corrected chi connectivity index (χ0v) is 15.2. The number of aromatic amines is 1. The van der Waals surface area contributed by atoms with Crippen LogP contribution < -0.4 is 11.0 Å². The molecule has 0 bridgehead atoms. The normalized spacial score (nSPS) is 12.1. The lowest BCUT2D eigenvalue weighted by atomic mass is 10.1. The van der Waals surface area contributed by atoms with Crippen LogP contribution in [0.1, 0.15) is 37.8 Å². The number of aromatic nitrogens is 3. The van der Waals surface area contributed by atoms with Gasteiger partial charge in [-0.05, 0) is 25.8 Å². The van der Waals surface area contributed by atoms with E-state index in [1.165, 1.54) is 17.3 Å². The molecular weight excluding hydrogens is 324 g/mol. The second-order valence-electron chi connectivity index (χ2n) is 5.78. The van der Waals surface area contributed by atoms with Gasteiger partial charge in [-0.1, -0.05) is 54.9 Å². The van der Waals surface area contributed by atoms with Gasteiger partial charge in [0.2, 0.25) is 5.91 Å². The Hall–Kier alpha value is -2.02. The van der Waals surface area contributed by atoms with Gasteiger partial charge in [0.25, 0.3) is 0 Å². The maximum atomic E-state index is 12.3. The monoisotopic (exact) mass is 348 g/mol. The van der Waals surface area contributed by atoms with Crippen LogP contribution in [0.2, 0.25) is 0 Å². The Morgan fingerprint density at radius 3 is 2.75 bits per heavy atom.